The van der Waals surface area contributed by atoms with Crippen LogP contribution in [0.2, 0.25) is 0 Å². The number of methoxy groups -OCH3 is 1. The Morgan fingerprint density at radius 3 is 2.45 bits per heavy atom. The lowest BCUT2D eigenvalue weighted by molar-refractivity contribution is 0.0601. The van der Waals surface area contributed by atoms with E-state index in [0.29, 0.717) is 0 Å². The second-order valence-electron chi connectivity index (χ2n) is 6.30. The van der Waals surface area contributed by atoms with Crippen molar-refractivity contribution < 1.29 is 31.5 Å². The number of hydrogen-bond acceptors (Lipinski definition) is 5. The number of ether oxygens (including phenoxy) is 1. The molecule has 1 aromatic heterocycles. The molecule has 31 heavy (non-hydrogen) atoms. The van der Waals surface area contributed by atoms with Crippen LogP contribution in [0.4, 0.5) is 39.1 Å². The van der Waals surface area contributed by atoms with Crippen LogP contribution in [0.3, 0.4) is 0 Å². The molecule has 0 aliphatic rings. The van der Waals surface area contributed by atoms with E-state index in [4.69, 9.17) is 5.73 Å². The summed E-state index contributed by atoms with van der Waals surface area (Å²) in [4.78, 5) is 15.7. The number of nitrogens with zero attached hydrogens (tertiary/aromatic N) is 1. The van der Waals surface area contributed by atoms with Gasteiger partial charge in [0.05, 0.1) is 27.6 Å². The molecule has 0 fully saturated rings. The number of carbonyl (C=O) groups is 1. The first-order valence-corrected chi connectivity index (χ1v) is 9.61. The molecule has 3 aromatic rings. The number of anilines is 3. The zero-order valence-electron chi connectivity index (χ0n) is 15.7. The largest absolute Gasteiger partial charge is 0.465 e. The van der Waals surface area contributed by atoms with Crippen LogP contribution in [0.1, 0.15) is 21.5 Å². The third-order valence-electron chi connectivity index (χ3n) is 4.33. The summed E-state index contributed by atoms with van der Waals surface area (Å²) in [5, 5.41) is 2.21. The first-order valence-electron chi connectivity index (χ1n) is 8.53. The highest BCUT2D eigenvalue weighted by atomic mass is 127. The number of hydrogen-bond donors (Lipinski definition) is 2. The average molecular weight is 549 g/mol. The molecule has 162 valence electrons. The SMILES string of the molecule is COC(=O)c1cc(Cc2ccnc(N)c2F)c(F)c(F)c1Nc1cc(F)c(I)cc1F. The summed E-state index contributed by atoms with van der Waals surface area (Å²) in [7, 11) is 1.00. The predicted molar refractivity (Wildman–Crippen MR) is 111 cm³/mol. The standard InChI is InChI=1S/C20H13F5IN3O2/c1-31-20(30)10-5-9(4-8-2-3-28-19(27)16(8)24)15(23)17(25)18(10)29-14-7-11(21)13(26)6-12(14)22/h2-3,5-7,29H,4H2,1H3,(H2,27,28). The van der Waals surface area contributed by atoms with Crippen LogP contribution in [-0.2, 0) is 11.2 Å². The molecular weight excluding hydrogens is 536 g/mol. The van der Waals surface area contributed by atoms with Gasteiger partial charge in [0.25, 0.3) is 0 Å². The normalized spacial score (nSPS) is 10.8. The molecule has 0 amide bonds. The molecule has 0 unspecified atom stereocenters. The minimum Gasteiger partial charge on any atom is -0.465 e. The molecule has 0 aliphatic carbocycles. The van der Waals surface area contributed by atoms with E-state index in [9.17, 15) is 26.7 Å². The van der Waals surface area contributed by atoms with E-state index in [-0.39, 0.29) is 14.7 Å². The second-order valence-corrected chi connectivity index (χ2v) is 7.46. The first kappa shape index (κ1) is 22.7. The Morgan fingerprint density at radius 1 is 1.06 bits per heavy atom. The number of esters is 1. The molecule has 0 saturated heterocycles. The fourth-order valence-electron chi connectivity index (χ4n) is 2.80. The highest BCUT2D eigenvalue weighted by Gasteiger charge is 2.25. The maximum atomic E-state index is 14.9. The molecule has 1 heterocycles. The van der Waals surface area contributed by atoms with Crippen LogP contribution < -0.4 is 11.1 Å². The van der Waals surface area contributed by atoms with Gasteiger partial charge >= 0.3 is 5.97 Å². The van der Waals surface area contributed by atoms with Crippen molar-refractivity contribution in [2.45, 2.75) is 6.42 Å². The highest BCUT2D eigenvalue weighted by Crippen LogP contribution is 2.32. The van der Waals surface area contributed by atoms with Gasteiger partial charge in [0, 0.05) is 18.7 Å². The van der Waals surface area contributed by atoms with E-state index >= 15 is 0 Å². The van der Waals surface area contributed by atoms with Crippen LogP contribution in [0, 0.1) is 32.7 Å². The van der Waals surface area contributed by atoms with Crippen molar-refractivity contribution in [2.24, 2.45) is 0 Å². The van der Waals surface area contributed by atoms with E-state index in [1.807, 2.05) is 0 Å². The Morgan fingerprint density at radius 2 is 1.77 bits per heavy atom. The van der Waals surface area contributed by atoms with E-state index in [1.54, 1.807) is 22.6 Å². The minimum atomic E-state index is -1.56. The van der Waals surface area contributed by atoms with Gasteiger partial charge in [-0.25, -0.2) is 31.7 Å². The van der Waals surface area contributed by atoms with E-state index in [0.717, 1.165) is 25.3 Å². The molecule has 3 N–H and O–H groups in total. The zero-order chi connectivity index (χ0) is 22.9. The van der Waals surface area contributed by atoms with Crippen LogP contribution >= 0.6 is 22.6 Å². The Hall–Kier alpha value is -2.96. The third-order valence-corrected chi connectivity index (χ3v) is 5.16. The number of rotatable bonds is 5. The number of aromatic nitrogens is 1. The fourth-order valence-corrected chi connectivity index (χ4v) is 3.23. The summed E-state index contributed by atoms with van der Waals surface area (Å²) in [5.41, 5.74) is 3.12. The zero-order valence-corrected chi connectivity index (χ0v) is 17.9. The Kier molecular flexibility index (Phi) is 6.62. The van der Waals surface area contributed by atoms with Gasteiger partial charge in [-0.2, -0.15) is 0 Å². The Balaban J connectivity index is 2.12. The molecule has 0 spiro atoms. The smallest absolute Gasteiger partial charge is 0.340 e. The van der Waals surface area contributed by atoms with Gasteiger partial charge < -0.3 is 15.8 Å². The topological polar surface area (TPSA) is 77.2 Å². The van der Waals surface area contributed by atoms with Crippen molar-refractivity contribution >= 4 is 45.8 Å². The van der Waals surface area contributed by atoms with Crippen molar-refractivity contribution in [2.75, 3.05) is 18.2 Å². The van der Waals surface area contributed by atoms with Crippen molar-refractivity contribution in [3.8, 4) is 0 Å². The minimum absolute atomic E-state index is 0.0329. The fraction of sp³-hybridized carbons (Fsp3) is 0.100. The molecule has 0 atom stereocenters. The molecule has 11 heteroatoms. The quantitative estimate of drug-likeness (QED) is 0.201. The first-order chi connectivity index (χ1) is 14.6. The lowest BCUT2D eigenvalue weighted by Gasteiger charge is -2.16. The molecule has 0 saturated carbocycles. The monoisotopic (exact) mass is 549 g/mol. The van der Waals surface area contributed by atoms with Crippen molar-refractivity contribution in [1.82, 2.24) is 4.98 Å². The number of nitrogens with one attached hydrogen (secondary N) is 1. The van der Waals surface area contributed by atoms with Crippen LogP contribution in [0.25, 0.3) is 0 Å². The molecule has 0 bridgehead atoms. The van der Waals surface area contributed by atoms with Gasteiger partial charge in [-0.1, -0.05) is 0 Å². The lowest BCUT2D eigenvalue weighted by Crippen LogP contribution is -2.12. The van der Waals surface area contributed by atoms with Crippen LogP contribution in [0.15, 0.2) is 30.5 Å². The average Bonchev–Trinajstić information content (AvgIpc) is 2.73. The van der Waals surface area contributed by atoms with Gasteiger partial charge in [0.1, 0.15) is 11.6 Å². The van der Waals surface area contributed by atoms with Gasteiger partial charge in [-0.3, -0.25) is 0 Å². The molecule has 5 nitrogen and oxygen atoms in total. The van der Waals surface area contributed by atoms with E-state index < -0.39 is 64.2 Å². The number of carbonyl (C=O) groups excluding carboxylic acids is 1. The maximum Gasteiger partial charge on any atom is 0.340 e. The Labute approximate surface area is 186 Å². The van der Waals surface area contributed by atoms with Crippen LogP contribution in [0.5, 0.6) is 0 Å². The number of nitrogen functional groups attached to an aromatic ring is 1. The molecule has 0 aliphatic heterocycles. The summed E-state index contributed by atoms with van der Waals surface area (Å²) in [6.45, 7) is 0. The van der Waals surface area contributed by atoms with Gasteiger partial charge in [0.15, 0.2) is 23.3 Å². The van der Waals surface area contributed by atoms with E-state index in [1.165, 1.54) is 12.3 Å². The third kappa shape index (κ3) is 4.55. The number of halogens is 6. The maximum absolute atomic E-state index is 14.9. The van der Waals surface area contributed by atoms with Gasteiger partial charge in [0.2, 0.25) is 0 Å². The van der Waals surface area contributed by atoms with E-state index in [2.05, 4.69) is 15.0 Å². The summed E-state index contributed by atoms with van der Waals surface area (Å²) in [6, 6.07) is 3.73. The summed E-state index contributed by atoms with van der Waals surface area (Å²) >= 11 is 1.56. The number of benzene rings is 2. The summed E-state index contributed by atoms with van der Waals surface area (Å²) in [5.74, 6) is -7.17. The highest BCUT2D eigenvalue weighted by molar-refractivity contribution is 14.1. The van der Waals surface area contributed by atoms with Crippen molar-refractivity contribution in [3.63, 3.8) is 0 Å². The number of nitrogens with two attached hydrogens (primary N) is 1. The predicted octanol–water partition coefficient (Wildman–Crippen LogP) is 5.08. The second kappa shape index (κ2) is 9.04. The molecular formula is C20H13F5IN3O2. The van der Waals surface area contributed by atoms with Crippen molar-refractivity contribution in [1.29, 1.82) is 0 Å². The van der Waals surface area contributed by atoms with Gasteiger partial charge in [-0.15, -0.1) is 0 Å². The molecule has 3 rings (SSSR count). The van der Waals surface area contributed by atoms with Gasteiger partial charge in [-0.05, 0) is 51.9 Å². The lowest BCUT2D eigenvalue weighted by atomic mass is 10.00. The Bertz CT molecular complexity index is 1190. The molecule has 0 radical (unpaired) electrons. The van der Waals surface area contributed by atoms with Crippen LogP contribution in [-0.4, -0.2) is 18.1 Å². The van der Waals surface area contributed by atoms with Crippen molar-refractivity contribution in [3.05, 3.63) is 79.8 Å². The molecule has 2 aromatic carbocycles. The number of pyridine rings is 1. The summed E-state index contributed by atoms with van der Waals surface area (Å²) < 4.78 is 76.4. The summed E-state index contributed by atoms with van der Waals surface area (Å²) in [6.07, 6.45) is 0.728.